The Bertz CT molecular complexity index is 416. The molecule has 5 nitrogen and oxygen atoms in total. The first-order chi connectivity index (χ1) is 8.49. The Morgan fingerprint density at radius 1 is 1.56 bits per heavy atom. The minimum Gasteiger partial charge on any atom is -0.396 e. The number of nitrogens with two attached hydrogens (primary N) is 1. The van der Waals surface area contributed by atoms with Gasteiger partial charge in [-0.05, 0) is 26.5 Å². The van der Waals surface area contributed by atoms with E-state index < -0.39 is 0 Å². The van der Waals surface area contributed by atoms with Gasteiger partial charge in [-0.1, -0.05) is 6.92 Å². The van der Waals surface area contributed by atoms with Crippen LogP contribution in [-0.2, 0) is 11.3 Å². The highest BCUT2D eigenvalue weighted by molar-refractivity contribution is 7.98. The zero-order valence-electron chi connectivity index (χ0n) is 11.5. The fourth-order valence-electron chi connectivity index (χ4n) is 1.74. The lowest BCUT2D eigenvalue weighted by atomic mass is 10.2. The number of nitrogens with zero attached hydrogens (tertiary/aromatic N) is 2. The van der Waals surface area contributed by atoms with Crippen LogP contribution < -0.4 is 11.1 Å². The topological polar surface area (TPSA) is 72.9 Å². The van der Waals surface area contributed by atoms with Gasteiger partial charge in [0.05, 0.1) is 17.1 Å². The fourth-order valence-corrected chi connectivity index (χ4v) is 2.46. The second kappa shape index (κ2) is 6.68. The number of carbonyl (C=O) groups is 1. The molecule has 102 valence electrons. The number of nitrogen functional groups attached to an aromatic ring is 1. The minimum absolute atomic E-state index is 0.0125. The number of rotatable bonds is 6. The number of nitrogens with one attached hydrogen (secondary N) is 1. The van der Waals surface area contributed by atoms with Crippen molar-refractivity contribution in [1.29, 1.82) is 0 Å². The van der Waals surface area contributed by atoms with Gasteiger partial charge in [-0.2, -0.15) is 16.9 Å². The molecule has 1 unspecified atom stereocenters. The number of amides is 1. The molecule has 0 aromatic carbocycles. The molecule has 0 aliphatic heterocycles. The number of anilines is 1. The summed E-state index contributed by atoms with van der Waals surface area (Å²) in [6, 6.07) is 0.224. The van der Waals surface area contributed by atoms with E-state index in [0.29, 0.717) is 5.69 Å². The predicted molar refractivity (Wildman–Crippen MR) is 76.7 cm³/mol. The van der Waals surface area contributed by atoms with Crippen molar-refractivity contribution in [3.05, 3.63) is 11.4 Å². The highest BCUT2D eigenvalue weighted by Gasteiger charge is 2.14. The molecule has 1 aromatic heterocycles. The van der Waals surface area contributed by atoms with Crippen molar-refractivity contribution in [3.8, 4) is 0 Å². The van der Waals surface area contributed by atoms with Crippen molar-refractivity contribution in [2.75, 3.05) is 17.7 Å². The van der Waals surface area contributed by atoms with Crippen molar-refractivity contribution < 1.29 is 4.79 Å². The van der Waals surface area contributed by atoms with Crippen molar-refractivity contribution in [2.45, 2.75) is 39.8 Å². The highest BCUT2D eigenvalue weighted by Crippen LogP contribution is 2.14. The minimum atomic E-state index is -0.0125. The Balaban J connectivity index is 2.61. The molecule has 1 amide bonds. The summed E-state index contributed by atoms with van der Waals surface area (Å²) in [6.07, 6.45) is 2.97. The molecule has 0 saturated carbocycles. The maximum absolute atomic E-state index is 11.9. The van der Waals surface area contributed by atoms with Gasteiger partial charge < -0.3 is 11.1 Å². The first-order valence-corrected chi connectivity index (χ1v) is 7.46. The van der Waals surface area contributed by atoms with Gasteiger partial charge in [0, 0.05) is 11.8 Å². The molecule has 0 saturated heterocycles. The quantitative estimate of drug-likeness (QED) is 0.818. The van der Waals surface area contributed by atoms with Crippen LogP contribution in [0.15, 0.2) is 0 Å². The molecule has 0 aliphatic rings. The SMILES string of the molecule is CCC(CSC)NC(=O)Cn1nc(C)c(N)c1C. The summed E-state index contributed by atoms with van der Waals surface area (Å²) in [6.45, 7) is 6.03. The van der Waals surface area contributed by atoms with E-state index in [2.05, 4.69) is 17.3 Å². The normalized spacial score (nSPS) is 12.4. The maximum atomic E-state index is 11.9. The predicted octanol–water partition coefficient (Wildman–Crippen LogP) is 1.34. The summed E-state index contributed by atoms with van der Waals surface area (Å²) < 4.78 is 1.66. The third kappa shape index (κ3) is 3.66. The summed E-state index contributed by atoms with van der Waals surface area (Å²) >= 11 is 1.74. The van der Waals surface area contributed by atoms with Crippen LogP contribution in [0.4, 0.5) is 5.69 Å². The van der Waals surface area contributed by atoms with Crippen molar-refractivity contribution in [1.82, 2.24) is 15.1 Å². The number of thioether (sulfide) groups is 1. The van der Waals surface area contributed by atoms with Gasteiger partial charge in [0.2, 0.25) is 5.91 Å². The highest BCUT2D eigenvalue weighted by atomic mass is 32.2. The second-order valence-electron chi connectivity index (χ2n) is 4.37. The molecule has 1 atom stereocenters. The molecule has 1 aromatic rings. The molecule has 1 heterocycles. The van der Waals surface area contributed by atoms with Crippen LogP contribution >= 0.6 is 11.8 Å². The van der Waals surface area contributed by atoms with E-state index in [0.717, 1.165) is 23.6 Å². The van der Waals surface area contributed by atoms with Gasteiger partial charge in [0.1, 0.15) is 6.54 Å². The van der Waals surface area contributed by atoms with Gasteiger partial charge in [-0.25, -0.2) is 0 Å². The first kappa shape index (κ1) is 14.9. The monoisotopic (exact) mass is 270 g/mol. The lowest BCUT2D eigenvalue weighted by molar-refractivity contribution is -0.122. The van der Waals surface area contributed by atoms with Crippen LogP contribution in [0, 0.1) is 13.8 Å². The summed E-state index contributed by atoms with van der Waals surface area (Å²) in [5.74, 6) is 0.920. The van der Waals surface area contributed by atoms with Crippen LogP contribution in [0.25, 0.3) is 0 Å². The number of carbonyl (C=O) groups excluding carboxylic acids is 1. The Morgan fingerprint density at radius 2 is 2.22 bits per heavy atom. The van der Waals surface area contributed by atoms with Gasteiger partial charge in [0.15, 0.2) is 0 Å². The molecular weight excluding hydrogens is 248 g/mol. The molecule has 3 N–H and O–H groups in total. The first-order valence-electron chi connectivity index (χ1n) is 6.07. The van der Waals surface area contributed by atoms with E-state index in [-0.39, 0.29) is 18.5 Å². The average Bonchev–Trinajstić information content (AvgIpc) is 2.56. The number of hydrogen-bond acceptors (Lipinski definition) is 4. The fraction of sp³-hybridized carbons (Fsp3) is 0.667. The van der Waals surface area contributed by atoms with Gasteiger partial charge in [-0.15, -0.1) is 0 Å². The summed E-state index contributed by atoms with van der Waals surface area (Å²) in [5, 5.41) is 7.27. The van der Waals surface area contributed by atoms with Crippen LogP contribution in [0.3, 0.4) is 0 Å². The van der Waals surface area contributed by atoms with Crippen molar-refractivity contribution in [2.24, 2.45) is 0 Å². The van der Waals surface area contributed by atoms with Gasteiger partial charge in [0.25, 0.3) is 0 Å². The smallest absolute Gasteiger partial charge is 0.241 e. The zero-order valence-corrected chi connectivity index (χ0v) is 12.3. The van der Waals surface area contributed by atoms with Crippen LogP contribution in [0.5, 0.6) is 0 Å². The average molecular weight is 270 g/mol. The third-order valence-corrected chi connectivity index (χ3v) is 3.69. The Kier molecular flexibility index (Phi) is 5.53. The van der Waals surface area contributed by atoms with E-state index >= 15 is 0 Å². The lowest BCUT2D eigenvalue weighted by Crippen LogP contribution is -2.38. The van der Waals surface area contributed by atoms with E-state index in [4.69, 9.17) is 5.73 Å². The third-order valence-electron chi connectivity index (χ3n) is 2.96. The Labute approximate surface area is 112 Å². The standard InChI is InChI=1S/C12H22N4OS/c1-5-10(7-18-4)14-11(17)6-16-9(3)12(13)8(2)15-16/h10H,5-7,13H2,1-4H3,(H,14,17). The number of aromatic nitrogens is 2. The maximum Gasteiger partial charge on any atom is 0.241 e. The van der Waals surface area contributed by atoms with Crippen molar-refractivity contribution >= 4 is 23.4 Å². The summed E-state index contributed by atoms with van der Waals surface area (Å²) in [5.41, 5.74) is 8.12. The Hall–Kier alpha value is -1.17. The lowest BCUT2D eigenvalue weighted by Gasteiger charge is -2.16. The molecule has 18 heavy (non-hydrogen) atoms. The molecular formula is C12H22N4OS. The van der Waals surface area contributed by atoms with Crippen LogP contribution in [0.2, 0.25) is 0 Å². The molecule has 1 rings (SSSR count). The summed E-state index contributed by atoms with van der Waals surface area (Å²) in [7, 11) is 0. The molecule has 0 fully saturated rings. The van der Waals surface area contributed by atoms with Crippen LogP contribution in [-0.4, -0.2) is 33.7 Å². The second-order valence-corrected chi connectivity index (χ2v) is 5.28. The molecule has 0 spiro atoms. The zero-order chi connectivity index (χ0) is 13.7. The van der Waals surface area contributed by atoms with Gasteiger partial charge >= 0.3 is 0 Å². The van der Waals surface area contributed by atoms with Gasteiger partial charge in [-0.3, -0.25) is 9.48 Å². The van der Waals surface area contributed by atoms with E-state index in [1.54, 1.807) is 16.4 Å². The van der Waals surface area contributed by atoms with E-state index in [1.165, 1.54) is 0 Å². The number of aryl methyl sites for hydroxylation is 1. The molecule has 6 heteroatoms. The number of hydrogen-bond donors (Lipinski definition) is 2. The molecule has 0 aliphatic carbocycles. The van der Waals surface area contributed by atoms with E-state index in [9.17, 15) is 4.79 Å². The molecule has 0 radical (unpaired) electrons. The van der Waals surface area contributed by atoms with Crippen molar-refractivity contribution in [3.63, 3.8) is 0 Å². The van der Waals surface area contributed by atoms with Crippen LogP contribution in [0.1, 0.15) is 24.7 Å². The summed E-state index contributed by atoms with van der Waals surface area (Å²) in [4.78, 5) is 11.9. The Morgan fingerprint density at radius 3 is 2.67 bits per heavy atom. The van der Waals surface area contributed by atoms with E-state index in [1.807, 2.05) is 20.1 Å². The molecule has 0 bridgehead atoms. The largest absolute Gasteiger partial charge is 0.396 e.